The van der Waals surface area contributed by atoms with Crippen LogP contribution in [0.15, 0.2) is 24.3 Å². The van der Waals surface area contributed by atoms with Crippen LogP contribution in [0, 0.1) is 11.8 Å². The van der Waals surface area contributed by atoms with Crippen LogP contribution >= 0.6 is 11.6 Å². The fourth-order valence-electron chi connectivity index (χ4n) is 4.39. The van der Waals surface area contributed by atoms with E-state index in [9.17, 15) is 9.59 Å². The molecule has 134 valence electrons. The third kappa shape index (κ3) is 3.27. The van der Waals surface area contributed by atoms with E-state index >= 15 is 0 Å². The molecule has 25 heavy (non-hydrogen) atoms. The van der Waals surface area contributed by atoms with Crippen molar-refractivity contribution in [1.82, 2.24) is 9.80 Å². The van der Waals surface area contributed by atoms with E-state index in [0.717, 1.165) is 62.6 Å². The number of carbonyl (C=O) groups excluding carboxylic acids is 2. The van der Waals surface area contributed by atoms with Crippen molar-refractivity contribution in [3.8, 4) is 0 Å². The highest BCUT2D eigenvalue weighted by molar-refractivity contribution is 6.30. The summed E-state index contributed by atoms with van der Waals surface area (Å²) in [6.07, 6.45) is 3.92. The molecule has 2 saturated heterocycles. The molecule has 5 nitrogen and oxygen atoms in total. The standard InChI is InChI=1S/C19H24ClN3O2/c20-14-4-3-5-15(12-14)22-10-8-21(9-11-22)13-23-18(24)16-6-1-2-7-17(16)19(23)25/h3-5,12,16-17H,1-2,6-11,13H2/t16-,17-/m1/s1. The van der Waals surface area contributed by atoms with Gasteiger partial charge in [0.15, 0.2) is 0 Å². The minimum Gasteiger partial charge on any atom is -0.369 e. The highest BCUT2D eigenvalue weighted by Gasteiger charge is 2.48. The van der Waals surface area contributed by atoms with Gasteiger partial charge < -0.3 is 4.90 Å². The quantitative estimate of drug-likeness (QED) is 0.776. The van der Waals surface area contributed by atoms with Gasteiger partial charge in [-0.25, -0.2) is 0 Å². The number of rotatable bonds is 3. The third-order valence-electron chi connectivity index (χ3n) is 5.82. The van der Waals surface area contributed by atoms with Crippen LogP contribution in [-0.2, 0) is 9.59 Å². The van der Waals surface area contributed by atoms with Crippen molar-refractivity contribution in [3.63, 3.8) is 0 Å². The van der Waals surface area contributed by atoms with Gasteiger partial charge in [0.2, 0.25) is 11.8 Å². The van der Waals surface area contributed by atoms with Gasteiger partial charge in [-0.1, -0.05) is 30.5 Å². The number of piperazine rings is 1. The van der Waals surface area contributed by atoms with Gasteiger partial charge in [0.05, 0.1) is 18.5 Å². The van der Waals surface area contributed by atoms with Crippen molar-refractivity contribution < 1.29 is 9.59 Å². The van der Waals surface area contributed by atoms with E-state index in [1.807, 2.05) is 18.2 Å². The number of hydrogen-bond donors (Lipinski definition) is 0. The molecule has 0 aromatic heterocycles. The van der Waals surface area contributed by atoms with Crippen LogP contribution in [0.25, 0.3) is 0 Å². The molecule has 1 aromatic rings. The van der Waals surface area contributed by atoms with Crippen molar-refractivity contribution in [2.24, 2.45) is 11.8 Å². The van der Waals surface area contributed by atoms with E-state index in [1.54, 1.807) is 0 Å². The first-order valence-electron chi connectivity index (χ1n) is 9.21. The molecule has 2 amide bonds. The Hall–Kier alpha value is -1.59. The van der Waals surface area contributed by atoms with Gasteiger partial charge in [-0.15, -0.1) is 0 Å². The van der Waals surface area contributed by atoms with E-state index in [0.29, 0.717) is 6.67 Å². The second-order valence-electron chi connectivity index (χ2n) is 7.33. The molecule has 2 heterocycles. The van der Waals surface area contributed by atoms with Crippen molar-refractivity contribution >= 4 is 29.1 Å². The number of amides is 2. The van der Waals surface area contributed by atoms with Gasteiger partial charge in [0, 0.05) is 36.9 Å². The summed E-state index contributed by atoms with van der Waals surface area (Å²) in [7, 11) is 0. The first-order valence-corrected chi connectivity index (χ1v) is 9.59. The number of imide groups is 1. The molecule has 2 aliphatic heterocycles. The van der Waals surface area contributed by atoms with Crippen LogP contribution < -0.4 is 4.90 Å². The van der Waals surface area contributed by atoms with Gasteiger partial charge in [-0.2, -0.15) is 0 Å². The van der Waals surface area contributed by atoms with E-state index in [-0.39, 0.29) is 23.7 Å². The number of fused-ring (bicyclic) bond motifs is 1. The molecule has 4 rings (SSSR count). The topological polar surface area (TPSA) is 43.9 Å². The lowest BCUT2D eigenvalue weighted by Crippen LogP contribution is -2.51. The van der Waals surface area contributed by atoms with Crippen LogP contribution in [0.3, 0.4) is 0 Å². The molecule has 0 radical (unpaired) electrons. The Bertz CT molecular complexity index is 648. The summed E-state index contributed by atoms with van der Waals surface area (Å²) in [5, 5.41) is 0.746. The molecule has 3 aliphatic rings. The average Bonchev–Trinajstić information content (AvgIpc) is 2.88. The normalized spacial score (nSPS) is 27.7. The monoisotopic (exact) mass is 361 g/mol. The molecule has 1 aromatic carbocycles. The predicted octanol–water partition coefficient (Wildman–Crippen LogP) is 2.59. The molecule has 0 spiro atoms. The number of hydrogen-bond acceptors (Lipinski definition) is 4. The summed E-state index contributed by atoms with van der Waals surface area (Å²) in [6.45, 7) is 3.90. The minimum absolute atomic E-state index is 0.0472. The number of likely N-dealkylation sites (tertiary alicyclic amines) is 1. The van der Waals surface area contributed by atoms with Crippen LogP contribution in [0.5, 0.6) is 0 Å². The van der Waals surface area contributed by atoms with Crippen LogP contribution in [0.4, 0.5) is 5.69 Å². The maximum absolute atomic E-state index is 12.6. The summed E-state index contributed by atoms with van der Waals surface area (Å²) in [5.74, 6) is 0.0296. The number of carbonyl (C=O) groups is 2. The smallest absolute Gasteiger partial charge is 0.234 e. The third-order valence-corrected chi connectivity index (χ3v) is 6.05. The Morgan fingerprint density at radius 1 is 0.960 bits per heavy atom. The van der Waals surface area contributed by atoms with Gasteiger partial charge in [0.1, 0.15) is 0 Å². The second kappa shape index (κ2) is 6.96. The summed E-state index contributed by atoms with van der Waals surface area (Å²) in [4.78, 5) is 31.2. The van der Waals surface area contributed by atoms with Gasteiger partial charge in [-0.3, -0.25) is 19.4 Å². The highest BCUT2D eigenvalue weighted by Crippen LogP contribution is 2.38. The highest BCUT2D eigenvalue weighted by atomic mass is 35.5. The number of benzene rings is 1. The first-order chi connectivity index (χ1) is 12.1. The maximum atomic E-state index is 12.6. The molecule has 0 unspecified atom stereocenters. The van der Waals surface area contributed by atoms with Gasteiger partial charge >= 0.3 is 0 Å². The zero-order chi connectivity index (χ0) is 17.4. The summed E-state index contributed by atoms with van der Waals surface area (Å²) >= 11 is 6.08. The molecule has 1 saturated carbocycles. The fourth-order valence-corrected chi connectivity index (χ4v) is 4.58. The van der Waals surface area contributed by atoms with Crippen LogP contribution in [-0.4, -0.2) is 54.5 Å². The molecule has 0 bridgehead atoms. The summed E-state index contributed by atoms with van der Waals surface area (Å²) in [6, 6.07) is 7.90. The Labute approximate surface area is 153 Å². The lowest BCUT2D eigenvalue weighted by Gasteiger charge is -2.37. The molecular formula is C19H24ClN3O2. The lowest BCUT2D eigenvalue weighted by atomic mass is 9.81. The SMILES string of the molecule is O=C1[C@@H]2CCCC[C@H]2C(=O)N1CN1CCN(c2cccc(Cl)c2)CC1. The van der Waals surface area contributed by atoms with Gasteiger partial charge in [0.25, 0.3) is 0 Å². The second-order valence-corrected chi connectivity index (χ2v) is 7.76. The zero-order valence-corrected chi connectivity index (χ0v) is 15.1. The average molecular weight is 362 g/mol. The molecular weight excluding hydrogens is 338 g/mol. The maximum Gasteiger partial charge on any atom is 0.234 e. The van der Waals surface area contributed by atoms with E-state index in [1.165, 1.54) is 4.90 Å². The number of halogens is 1. The van der Waals surface area contributed by atoms with Crippen molar-refractivity contribution in [3.05, 3.63) is 29.3 Å². The number of nitrogens with zero attached hydrogens (tertiary/aromatic N) is 3. The molecule has 0 N–H and O–H groups in total. The first kappa shape index (κ1) is 16.9. The summed E-state index contributed by atoms with van der Waals surface area (Å²) in [5.41, 5.74) is 1.13. The Morgan fingerprint density at radius 3 is 2.20 bits per heavy atom. The van der Waals surface area contributed by atoms with E-state index < -0.39 is 0 Å². The van der Waals surface area contributed by atoms with Gasteiger partial charge in [-0.05, 0) is 31.0 Å². The lowest BCUT2D eigenvalue weighted by molar-refractivity contribution is -0.142. The van der Waals surface area contributed by atoms with Crippen molar-refractivity contribution in [1.29, 1.82) is 0 Å². The summed E-state index contributed by atoms with van der Waals surface area (Å²) < 4.78 is 0. The fraction of sp³-hybridized carbons (Fsp3) is 0.579. The minimum atomic E-state index is -0.0472. The molecule has 1 aliphatic carbocycles. The Morgan fingerprint density at radius 2 is 1.60 bits per heavy atom. The molecule has 6 heteroatoms. The van der Waals surface area contributed by atoms with Crippen LogP contribution in [0.2, 0.25) is 5.02 Å². The van der Waals surface area contributed by atoms with Crippen molar-refractivity contribution in [2.75, 3.05) is 37.7 Å². The molecule has 2 atom stereocenters. The van der Waals surface area contributed by atoms with E-state index in [4.69, 9.17) is 11.6 Å². The Kier molecular flexibility index (Phi) is 4.69. The zero-order valence-electron chi connectivity index (χ0n) is 14.4. The van der Waals surface area contributed by atoms with Crippen LogP contribution in [0.1, 0.15) is 25.7 Å². The predicted molar refractivity (Wildman–Crippen MR) is 97.4 cm³/mol. The van der Waals surface area contributed by atoms with E-state index in [2.05, 4.69) is 15.9 Å². The number of anilines is 1. The Balaban J connectivity index is 1.36. The largest absolute Gasteiger partial charge is 0.369 e. The molecule has 3 fully saturated rings. The van der Waals surface area contributed by atoms with Crippen molar-refractivity contribution in [2.45, 2.75) is 25.7 Å².